The zero-order valence-corrected chi connectivity index (χ0v) is 15.4. The summed E-state index contributed by atoms with van der Waals surface area (Å²) in [5, 5.41) is 6.80. The summed E-state index contributed by atoms with van der Waals surface area (Å²) in [5.74, 6) is 3.34. The Labute approximate surface area is 150 Å². The first-order valence-electron chi connectivity index (χ1n) is 9.34. The molecule has 6 heteroatoms. The lowest BCUT2D eigenvalue weighted by Gasteiger charge is -2.29. The standard InChI is InChI=1S/C19H30N4O2/c1-3-20-19(21-9-6-15-7-10-23(2)11-8-15)22-13-16-4-5-17-18(12-16)25-14-24-17/h4-5,12,15H,3,6-11,13-14H2,1-2H3,(H2,20,21,22). The normalized spacial score (nSPS) is 18.4. The third-order valence-electron chi connectivity index (χ3n) is 4.88. The summed E-state index contributed by atoms with van der Waals surface area (Å²) < 4.78 is 10.8. The smallest absolute Gasteiger partial charge is 0.231 e. The van der Waals surface area contributed by atoms with E-state index in [4.69, 9.17) is 14.5 Å². The van der Waals surface area contributed by atoms with E-state index in [1.165, 1.54) is 32.4 Å². The molecular formula is C19H30N4O2. The number of nitrogens with one attached hydrogen (secondary N) is 2. The van der Waals surface area contributed by atoms with E-state index >= 15 is 0 Å². The van der Waals surface area contributed by atoms with Crippen LogP contribution in [0.3, 0.4) is 0 Å². The van der Waals surface area contributed by atoms with Crippen LogP contribution in [0.25, 0.3) is 0 Å². The number of nitrogens with zero attached hydrogens (tertiary/aromatic N) is 2. The number of likely N-dealkylation sites (tertiary alicyclic amines) is 1. The maximum atomic E-state index is 5.43. The van der Waals surface area contributed by atoms with Gasteiger partial charge in [0.2, 0.25) is 6.79 Å². The van der Waals surface area contributed by atoms with Crippen LogP contribution in [0.1, 0.15) is 31.7 Å². The number of benzene rings is 1. The molecule has 0 amide bonds. The van der Waals surface area contributed by atoms with E-state index in [0.29, 0.717) is 13.3 Å². The van der Waals surface area contributed by atoms with Crippen molar-refractivity contribution in [3.8, 4) is 11.5 Å². The Kier molecular flexibility index (Phi) is 6.39. The van der Waals surface area contributed by atoms with Crippen LogP contribution in [0.15, 0.2) is 23.2 Å². The molecule has 0 unspecified atom stereocenters. The molecule has 2 aliphatic heterocycles. The predicted molar refractivity (Wildman–Crippen MR) is 100 cm³/mol. The van der Waals surface area contributed by atoms with Gasteiger partial charge in [0.25, 0.3) is 0 Å². The van der Waals surface area contributed by atoms with Gasteiger partial charge in [0.05, 0.1) is 6.54 Å². The van der Waals surface area contributed by atoms with Crippen LogP contribution in [0.5, 0.6) is 11.5 Å². The van der Waals surface area contributed by atoms with Crippen molar-refractivity contribution in [3.63, 3.8) is 0 Å². The summed E-state index contributed by atoms with van der Waals surface area (Å²) in [6.45, 7) is 7.31. The van der Waals surface area contributed by atoms with Crippen molar-refractivity contribution in [2.75, 3.05) is 40.0 Å². The number of hydrogen-bond donors (Lipinski definition) is 2. The molecule has 3 rings (SSSR count). The second kappa shape index (κ2) is 8.94. The molecule has 1 saturated heterocycles. The third-order valence-corrected chi connectivity index (χ3v) is 4.88. The van der Waals surface area contributed by atoms with Gasteiger partial charge in [-0.1, -0.05) is 6.07 Å². The van der Waals surface area contributed by atoms with Crippen LogP contribution in [-0.2, 0) is 6.54 Å². The van der Waals surface area contributed by atoms with E-state index in [9.17, 15) is 0 Å². The van der Waals surface area contributed by atoms with Gasteiger partial charge in [-0.2, -0.15) is 0 Å². The van der Waals surface area contributed by atoms with Gasteiger partial charge in [-0.15, -0.1) is 0 Å². The Morgan fingerprint density at radius 2 is 2.00 bits per heavy atom. The number of guanidine groups is 1. The van der Waals surface area contributed by atoms with Gasteiger partial charge in [-0.3, -0.25) is 0 Å². The van der Waals surface area contributed by atoms with Crippen molar-refractivity contribution >= 4 is 5.96 Å². The zero-order chi connectivity index (χ0) is 17.5. The van der Waals surface area contributed by atoms with Gasteiger partial charge in [0, 0.05) is 13.1 Å². The summed E-state index contributed by atoms with van der Waals surface area (Å²) in [4.78, 5) is 7.11. The molecule has 6 nitrogen and oxygen atoms in total. The molecule has 0 saturated carbocycles. The molecule has 0 aliphatic carbocycles. The lowest BCUT2D eigenvalue weighted by molar-refractivity contribution is 0.174. The van der Waals surface area contributed by atoms with Gasteiger partial charge >= 0.3 is 0 Å². The van der Waals surface area contributed by atoms with E-state index in [2.05, 4.69) is 29.5 Å². The minimum atomic E-state index is 0.309. The number of fused-ring (bicyclic) bond motifs is 1. The van der Waals surface area contributed by atoms with Crippen LogP contribution in [0.4, 0.5) is 0 Å². The summed E-state index contributed by atoms with van der Waals surface area (Å²) in [5.41, 5.74) is 1.12. The molecule has 138 valence electrons. The lowest BCUT2D eigenvalue weighted by atomic mass is 9.94. The molecule has 0 spiro atoms. The summed E-state index contributed by atoms with van der Waals surface area (Å²) >= 11 is 0. The minimum absolute atomic E-state index is 0.309. The molecular weight excluding hydrogens is 316 g/mol. The topological polar surface area (TPSA) is 58.1 Å². The number of aliphatic imine (C=N–C) groups is 1. The van der Waals surface area contributed by atoms with E-state index < -0.39 is 0 Å². The molecule has 0 bridgehead atoms. The van der Waals surface area contributed by atoms with Gasteiger partial charge < -0.3 is 25.0 Å². The number of rotatable bonds is 6. The highest BCUT2D eigenvalue weighted by atomic mass is 16.7. The van der Waals surface area contributed by atoms with Gasteiger partial charge in [-0.25, -0.2) is 4.99 Å². The predicted octanol–water partition coefficient (Wildman–Crippen LogP) is 2.20. The molecule has 0 atom stereocenters. The van der Waals surface area contributed by atoms with Gasteiger partial charge in [0.1, 0.15) is 0 Å². The van der Waals surface area contributed by atoms with Crippen molar-refractivity contribution in [3.05, 3.63) is 23.8 Å². The minimum Gasteiger partial charge on any atom is -0.454 e. The maximum absolute atomic E-state index is 5.43. The van der Waals surface area contributed by atoms with Crippen LogP contribution in [0.2, 0.25) is 0 Å². The molecule has 25 heavy (non-hydrogen) atoms. The SMILES string of the molecule is CCNC(=NCc1ccc2c(c1)OCO2)NCCC1CCN(C)CC1. The van der Waals surface area contributed by atoms with E-state index in [1.54, 1.807) is 0 Å². The quantitative estimate of drug-likeness (QED) is 0.611. The molecule has 1 fully saturated rings. The Morgan fingerprint density at radius 1 is 1.20 bits per heavy atom. The van der Waals surface area contributed by atoms with Crippen molar-refractivity contribution in [2.24, 2.45) is 10.9 Å². The number of piperidine rings is 1. The molecule has 2 heterocycles. The first-order valence-corrected chi connectivity index (χ1v) is 9.34. The summed E-state index contributed by atoms with van der Waals surface area (Å²) in [7, 11) is 2.21. The fourth-order valence-corrected chi connectivity index (χ4v) is 3.30. The second-order valence-corrected chi connectivity index (χ2v) is 6.84. The van der Waals surface area contributed by atoms with E-state index in [0.717, 1.165) is 42.0 Å². The van der Waals surface area contributed by atoms with Crippen LogP contribution in [0, 0.1) is 5.92 Å². The summed E-state index contributed by atoms with van der Waals surface area (Å²) in [6, 6.07) is 6.00. The molecule has 2 N–H and O–H groups in total. The van der Waals surface area contributed by atoms with Crippen molar-refractivity contribution in [2.45, 2.75) is 32.7 Å². The first-order chi connectivity index (χ1) is 12.2. The molecule has 1 aromatic rings. The molecule has 2 aliphatic rings. The molecule has 0 aromatic heterocycles. The lowest BCUT2D eigenvalue weighted by Crippen LogP contribution is -2.39. The van der Waals surface area contributed by atoms with Crippen LogP contribution in [-0.4, -0.2) is 50.9 Å². The van der Waals surface area contributed by atoms with Crippen molar-refractivity contribution in [1.29, 1.82) is 0 Å². The first kappa shape index (κ1) is 17.9. The average molecular weight is 346 g/mol. The summed E-state index contributed by atoms with van der Waals surface area (Å²) in [6.07, 6.45) is 3.83. The Balaban J connectivity index is 1.47. The Morgan fingerprint density at radius 3 is 2.80 bits per heavy atom. The Hall–Kier alpha value is -1.95. The Bertz CT molecular complexity index is 583. The van der Waals surface area contributed by atoms with E-state index in [1.807, 2.05) is 18.2 Å². The fraction of sp³-hybridized carbons (Fsp3) is 0.632. The third kappa shape index (κ3) is 5.26. The van der Waals surface area contributed by atoms with Crippen LogP contribution < -0.4 is 20.1 Å². The number of hydrogen-bond acceptors (Lipinski definition) is 4. The van der Waals surface area contributed by atoms with Gasteiger partial charge in [-0.05, 0) is 69.9 Å². The largest absolute Gasteiger partial charge is 0.454 e. The van der Waals surface area contributed by atoms with Crippen LogP contribution >= 0.6 is 0 Å². The van der Waals surface area contributed by atoms with E-state index in [-0.39, 0.29) is 0 Å². The second-order valence-electron chi connectivity index (χ2n) is 6.84. The monoisotopic (exact) mass is 346 g/mol. The molecule has 1 aromatic carbocycles. The highest BCUT2D eigenvalue weighted by molar-refractivity contribution is 5.79. The fourth-order valence-electron chi connectivity index (χ4n) is 3.30. The maximum Gasteiger partial charge on any atom is 0.231 e. The van der Waals surface area contributed by atoms with Crippen molar-refractivity contribution < 1.29 is 9.47 Å². The van der Waals surface area contributed by atoms with Crippen molar-refractivity contribution in [1.82, 2.24) is 15.5 Å². The highest BCUT2D eigenvalue weighted by Gasteiger charge is 2.16. The average Bonchev–Trinajstić information content (AvgIpc) is 3.09. The number of ether oxygens (including phenoxy) is 2. The highest BCUT2D eigenvalue weighted by Crippen LogP contribution is 2.32. The van der Waals surface area contributed by atoms with Gasteiger partial charge in [0.15, 0.2) is 17.5 Å². The zero-order valence-electron chi connectivity index (χ0n) is 15.4. The molecule has 0 radical (unpaired) electrons.